The van der Waals surface area contributed by atoms with Crippen LogP contribution in [0.25, 0.3) is 0 Å². The largest absolute Gasteiger partial charge is 0.365 e. The van der Waals surface area contributed by atoms with Crippen LogP contribution in [-0.2, 0) is 12.8 Å². The van der Waals surface area contributed by atoms with Crippen molar-refractivity contribution in [3.63, 3.8) is 0 Å². The molecule has 1 aliphatic rings. The molecule has 26 heavy (non-hydrogen) atoms. The van der Waals surface area contributed by atoms with Gasteiger partial charge in [-0.1, -0.05) is 37.4 Å². The predicted octanol–water partition coefficient (Wildman–Crippen LogP) is 5.05. The average molecular weight is 392 g/mol. The molecule has 0 fully saturated rings. The maximum atomic E-state index is 12.3. The van der Waals surface area contributed by atoms with Gasteiger partial charge in [0.05, 0.1) is 5.56 Å². The van der Waals surface area contributed by atoms with Crippen LogP contribution < -0.4 is 16.4 Å². The number of amides is 3. The van der Waals surface area contributed by atoms with E-state index in [0.717, 1.165) is 31.2 Å². The third-order valence-corrected chi connectivity index (χ3v) is 6.03. The van der Waals surface area contributed by atoms with Crippen molar-refractivity contribution in [2.45, 2.75) is 39.0 Å². The molecular formula is C19H22ClN3O2S. The van der Waals surface area contributed by atoms with Gasteiger partial charge in [-0.05, 0) is 48.9 Å². The van der Waals surface area contributed by atoms with Gasteiger partial charge in [-0.25, -0.2) is 4.79 Å². The van der Waals surface area contributed by atoms with Crippen LogP contribution in [0.1, 0.15) is 47.0 Å². The van der Waals surface area contributed by atoms with E-state index >= 15 is 0 Å². The number of urea groups is 1. The second kappa shape index (κ2) is 8.10. The fourth-order valence-electron chi connectivity index (χ4n) is 3.49. The summed E-state index contributed by atoms with van der Waals surface area (Å²) in [6.07, 6.45) is 5.19. The molecule has 4 N–H and O–H groups in total. The summed E-state index contributed by atoms with van der Waals surface area (Å²) in [5.74, 6) is 0.148. The number of nitrogens with one attached hydrogen (secondary N) is 2. The maximum absolute atomic E-state index is 12.3. The first kappa shape index (κ1) is 18.7. The highest BCUT2D eigenvalue weighted by Crippen LogP contribution is 2.40. The monoisotopic (exact) mass is 391 g/mol. The van der Waals surface area contributed by atoms with Gasteiger partial charge in [-0.15, -0.1) is 11.3 Å². The van der Waals surface area contributed by atoms with Crippen molar-refractivity contribution in [2.24, 2.45) is 11.7 Å². The third-order valence-electron chi connectivity index (χ3n) is 4.62. The molecule has 5 nitrogen and oxygen atoms in total. The molecule has 3 rings (SSSR count). The molecule has 0 saturated carbocycles. The number of anilines is 2. The third kappa shape index (κ3) is 4.19. The number of primary amides is 1. The Morgan fingerprint density at radius 3 is 2.85 bits per heavy atom. The minimum atomic E-state index is -0.491. The highest BCUT2D eigenvalue weighted by atomic mass is 35.5. The van der Waals surface area contributed by atoms with E-state index in [4.69, 9.17) is 17.3 Å². The molecule has 3 amide bonds. The minimum absolute atomic E-state index is 0.418. The zero-order chi connectivity index (χ0) is 18.7. The summed E-state index contributed by atoms with van der Waals surface area (Å²) in [5.41, 5.74) is 7.65. The van der Waals surface area contributed by atoms with Crippen molar-refractivity contribution in [3.05, 3.63) is 45.3 Å². The Hall–Kier alpha value is -2.05. The zero-order valence-electron chi connectivity index (χ0n) is 14.6. The first-order chi connectivity index (χ1) is 12.5. The van der Waals surface area contributed by atoms with Gasteiger partial charge >= 0.3 is 6.03 Å². The van der Waals surface area contributed by atoms with E-state index < -0.39 is 11.9 Å². The van der Waals surface area contributed by atoms with E-state index in [1.54, 1.807) is 24.3 Å². The highest BCUT2D eigenvalue weighted by molar-refractivity contribution is 7.17. The van der Waals surface area contributed by atoms with Crippen molar-refractivity contribution in [1.29, 1.82) is 0 Å². The van der Waals surface area contributed by atoms with Gasteiger partial charge in [-0.2, -0.15) is 0 Å². The van der Waals surface area contributed by atoms with E-state index in [1.807, 2.05) is 0 Å². The number of hydrogen-bond donors (Lipinski definition) is 3. The lowest BCUT2D eigenvalue weighted by molar-refractivity contribution is 0.1000. The summed E-state index contributed by atoms with van der Waals surface area (Å²) in [6, 6.07) is 6.47. The van der Waals surface area contributed by atoms with Gasteiger partial charge in [0.15, 0.2) is 0 Å². The molecular weight excluding hydrogens is 370 g/mol. The standard InChI is InChI=1S/C19H22ClN3O2S/c1-2-4-11-7-8-14-15(9-11)26-18(16(14)17(21)24)23-19(25)22-13-6-3-5-12(20)10-13/h3,5-6,10-11H,2,4,7-9H2,1H3,(H2,21,24)(H2,22,23,25)/t11-/m0/s1. The SMILES string of the molecule is CCC[C@H]1CCc2c(sc(NC(=O)Nc3cccc(Cl)c3)c2C(N)=O)C1. The smallest absolute Gasteiger partial charge is 0.324 e. The van der Waals surface area contributed by atoms with Crippen LogP contribution in [0, 0.1) is 5.92 Å². The number of nitrogens with two attached hydrogens (primary N) is 1. The molecule has 1 atom stereocenters. The van der Waals surface area contributed by atoms with Gasteiger partial charge in [0.2, 0.25) is 0 Å². The lowest BCUT2D eigenvalue weighted by Gasteiger charge is -2.21. The molecule has 0 spiro atoms. The topological polar surface area (TPSA) is 84.2 Å². The zero-order valence-corrected chi connectivity index (χ0v) is 16.2. The fourth-order valence-corrected chi connectivity index (χ4v) is 5.04. The molecule has 2 aromatic rings. The average Bonchev–Trinajstić information content (AvgIpc) is 2.92. The van der Waals surface area contributed by atoms with E-state index in [1.165, 1.54) is 22.6 Å². The number of fused-ring (bicyclic) bond motifs is 1. The van der Waals surface area contributed by atoms with Crippen LogP contribution in [0.2, 0.25) is 5.02 Å². The summed E-state index contributed by atoms with van der Waals surface area (Å²) in [7, 11) is 0. The van der Waals surface area contributed by atoms with Crippen molar-refractivity contribution in [1.82, 2.24) is 0 Å². The van der Waals surface area contributed by atoms with Crippen molar-refractivity contribution >= 4 is 45.6 Å². The first-order valence-corrected chi connectivity index (χ1v) is 9.95. The van der Waals surface area contributed by atoms with E-state index in [2.05, 4.69) is 17.6 Å². The van der Waals surface area contributed by atoms with Crippen LogP contribution in [0.15, 0.2) is 24.3 Å². The Kier molecular flexibility index (Phi) is 5.84. The molecule has 0 unspecified atom stereocenters. The number of benzene rings is 1. The van der Waals surface area contributed by atoms with Crippen LogP contribution in [0.5, 0.6) is 0 Å². The second-order valence-corrected chi connectivity index (χ2v) is 8.10. The highest BCUT2D eigenvalue weighted by Gasteiger charge is 2.28. The number of carbonyl (C=O) groups is 2. The van der Waals surface area contributed by atoms with E-state index in [-0.39, 0.29) is 0 Å². The molecule has 138 valence electrons. The molecule has 0 saturated heterocycles. The fraction of sp³-hybridized carbons (Fsp3) is 0.368. The lowest BCUT2D eigenvalue weighted by Crippen LogP contribution is -2.22. The number of thiophene rings is 1. The molecule has 0 bridgehead atoms. The molecule has 7 heteroatoms. The summed E-state index contributed by atoms with van der Waals surface area (Å²) in [6.45, 7) is 2.19. The summed E-state index contributed by atoms with van der Waals surface area (Å²) < 4.78 is 0. The Morgan fingerprint density at radius 1 is 1.35 bits per heavy atom. The van der Waals surface area contributed by atoms with Gasteiger partial charge in [0.1, 0.15) is 5.00 Å². The normalized spacial score (nSPS) is 16.0. The quantitative estimate of drug-likeness (QED) is 0.666. The number of halogens is 1. The van der Waals surface area contributed by atoms with E-state index in [0.29, 0.717) is 27.2 Å². The Morgan fingerprint density at radius 2 is 2.15 bits per heavy atom. The second-order valence-electron chi connectivity index (χ2n) is 6.56. The molecule has 1 heterocycles. The van der Waals surface area contributed by atoms with E-state index in [9.17, 15) is 9.59 Å². The first-order valence-electron chi connectivity index (χ1n) is 8.75. The Balaban J connectivity index is 1.79. The van der Waals surface area contributed by atoms with Crippen molar-refractivity contribution in [2.75, 3.05) is 10.6 Å². The van der Waals surface area contributed by atoms with Gasteiger partial charge < -0.3 is 11.1 Å². The minimum Gasteiger partial charge on any atom is -0.365 e. The molecule has 0 radical (unpaired) electrons. The number of hydrogen-bond acceptors (Lipinski definition) is 3. The maximum Gasteiger partial charge on any atom is 0.324 e. The summed E-state index contributed by atoms with van der Waals surface area (Å²) in [4.78, 5) is 25.5. The Labute approximate surface area is 161 Å². The summed E-state index contributed by atoms with van der Waals surface area (Å²) >= 11 is 7.40. The van der Waals surface area contributed by atoms with Gasteiger partial charge in [-0.3, -0.25) is 10.1 Å². The van der Waals surface area contributed by atoms with Crippen molar-refractivity contribution in [3.8, 4) is 0 Å². The van der Waals surface area contributed by atoms with Crippen LogP contribution in [-0.4, -0.2) is 11.9 Å². The van der Waals surface area contributed by atoms with Gasteiger partial charge in [0.25, 0.3) is 5.91 Å². The molecule has 1 aromatic heterocycles. The van der Waals surface area contributed by atoms with Crippen LogP contribution >= 0.6 is 22.9 Å². The number of carbonyl (C=O) groups excluding carboxylic acids is 2. The predicted molar refractivity (Wildman–Crippen MR) is 107 cm³/mol. The summed E-state index contributed by atoms with van der Waals surface area (Å²) in [5, 5.41) is 6.58. The Bertz CT molecular complexity index is 834. The number of rotatable bonds is 5. The van der Waals surface area contributed by atoms with Gasteiger partial charge in [0, 0.05) is 15.6 Å². The molecule has 0 aliphatic heterocycles. The van der Waals surface area contributed by atoms with Crippen LogP contribution in [0.3, 0.4) is 0 Å². The molecule has 1 aliphatic carbocycles. The van der Waals surface area contributed by atoms with Crippen LogP contribution in [0.4, 0.5) is 15.5 Å². The van der Waals surface area contributed by atoms with Crippen molar-refractivity contribution < 1.29 is 9.59 Å². The lowest BCUT2D eigenvalue weighted by atomic mass is 9.84. The molecule has 1 aromatic carbocycles.